The lowest BCUT2D eigenvalue weighted by Crippen LogP contribution is -2.24. The molecule has 0 unspecified atom stereocenters. The van der Waals surface area contributed by atoms with Crippen LogP contribution < -0.4 is 9.47 Å². The van der Waals surface area contributed by atoms with Gasteiger partial charge in [-0.3, -0.25) is 4.79 Å². The highest BCUT2D eigenvalue weighted by Gasteiger charge is 2.26. The summed E-state index contributed by atoms with van der Waals surface area (Å²) in [6.07, 6.45) is 2.41. The van der Waals surface area contributed by atoms with Crippen molar-refractivity contribution in [2.24, 2.45) is 5.92 Å². The molecule has 2 rings (SSSR count). The molecule has 1 saturated carbocycles. The Morgan fingerprint density at radius 1 is 1.19 bits per heavy atom. The van der Waals surface area contributed by atoms with Crippen molar-refractivity contribution in [3.8, 4) is 11.5 Å². The fourth-order valence-corrected chi connectivity index (χ4v) is 2.07. The minimum Gasteiger partial charge on any atom is -0.493 e. The summed E-state index contributed by atoms with van der Waals surface area (Å²) in [5.74, 6) is 2.40. The number of benzene rings is 1. The largest absolute Gasteiger partial charge is 0.493 e. The highest BCUT2D eigenvalue weighted by molar-refractivity contribution is 5.84. The topological polar surface area (TPSA) is 35.5 Å². The Kier molecular flexibility index (Phi) is 3.13. The van der Waals surface area contributed by atoms with Crippen molar-refractivity contribution >= 4 is 5.78 Å². The number of ether oxygens (including phenoxy) is 2. The van der Waals surface area contributed by atoms with Gasteiger partial charge in [0, 0.05) is 12.8 Å². The Bertz CT molecular complexity index is 390. The molecule has 0 N–H and O–H groups in total. The molecule has 3 heteroatoms. The molecule has 1 aliphatic rings. The van der Waals surface area contributed by atoms with Crippen molar-refractivity contribution in [3.05, 3.63) is 23.8 Å². The van der Waals surface area contributed by atoms with Crippen LogP contribution in [0.25, 0.3) is 0 Å². The van der Waals surface area contributed by atoms with Crippen molar-refractivity contribution in [3.63, 3.8) is 0 Å². The van der Waals surface area contributed by atoms with Crippen LogP contribution in [0.15, 0.2) is 18.2 Å². The second-order valence-corrected chi connectivity index (χ2v) is 4.21. The summed E-state index contributed by atoms with van der Waals surface area (Å²) in [5.41, 5.74) is 1.20. The van der Waals surface area contributed by atoms with Crippen molar-refractivity contribution in [1.82, 2.24) is 0 Å². The molecular formula is C13H16O3. The average molecular weight is 220 g/mol. The number of hydrogen-bond donors (Lipinski definition) is 0. The third-order valence-electron chi connectivity index (χ3n) is 3.01. The molecule has 1 fully saturated rings. The number of ketones is 1. The van der Waals surface area contributed by atoms with Crippen LogP contribution in [0.1, 0.15) is 18.4 Å². The van der Waals surface area contributed by atoms with E-state index in [2.05, 4.69) is 0 Å². The number of carbonyl (C=O) groups is 1. The van der Waals surface area contributed by atoms with Crippen LogP contribution in [0.2, 0.25) is 0 Å². The van der Waals surface area contributed by atoms with Crippen molar-refractivity contribution in [2.75, 3.05) is 14.2 Å². The van der Waals surface area contributed by atoms with E-state index in [0.29, 0.717) is 11.7 Å². The standard InChI is InChI=1S/C13H16O3/c1-15-12-4-3-9(8-13(12)16-2)5-10-6-11(14)7-10/h3-4,8,10H,5-7H2,1-2H3. The van der Waals surface area contributed by atoms with Crippen molar-refractivity contribution < 1.29 is 14.3 Å². The Labute approximate surface area is 95.4 Å². The molecular weight excluding hydrogens is 204 g/mol. The lowest BCUT2D eigenvalue weighted by molar-refractivity contribution is -0.126. The molecule has 0 spiro atoms. The Morgan fingerprint density at radius 3 is 2.44 bits per heavy atom. The van der Waals surface area contributed by atoms with Crippen LogP contribution in [0.4, 0.5) is 0 Å². The monoisotopic (exact) mass is 220 g/mol. The van der Waals surface area contributed by atoms with Gasteiger partial charge in [0.05, 0.1) is 14.2 Å². The maximum atomic E-state index is 10.9. The highest BCUT2D eigenvalue weighted by Crippen LogP contribution is 2.31. The number of methoxy groups -OCH3 is 2. The van der Waals surface area contributed by atoms with Gasteiger partial charge in [-0.15, -0.1) is 0 Å². The maximum Gasteiger partial charge on any atom is 0.160 e. The molecule has 0 aromatic heterocycles. The summed E-state index contributed by atoms with van der Waals surface area (Å²) in [4.78, 5) is 10.9. The zero-order valence-electron chi connectivity index (χ0n) is 9.66. The van der Waals surface area contributed by atoms with Gasteiger partial charge in [0.1, 0.15) is 5.78 Å². The van der Waals surface area contributed by atoms with Gasteiger partial charge in [0.2, 0.25) is 0 Å². The van der Waals surface area contributed by atoms with Gasteiger partial charge in [-0.1, -0.05) is 6.07 Å². The first-order valence-corrected chi connectivity index (χ1v) is 5.45. The summed E-state index contributed by atoms with van der Waals surface area (Å²) in [7, 11) is 3.26. The van der Waals surface area contributed by atoms with Crippen LogP contribution in [-0.2, 0) is 11.2 Å². The quantitative estimate of drug-likeness (QED) is 0.780. The lowest BCUT2D eigenvalue weighted by Gasteiger charge is -2.24. The fraction of sp³-hybridized carbons (Fsp3) is 0.462. The van der Waals surface area contributed by atoms with Crippen LogP contribution in [0.3, 0.4) is 0 Å². The molecule has 0 saturated heterocycles. The molecule has 0 bridgehead atoms. The zero-order chi connectivity index (χ0) is 11.5. The SMILES string of the molecule is COc1ccc(CC2CC(=O)C2)cc1OC. The first-order valence-electron chi connectivity index (χ1n) is 5.45. The first kappa shape index (κ1) is 11.0. The molecule has 1 aromatic carbocycles. The van der Waals surface area contributed by atoms with Crippen molar-refractivity contribution in [1.29, 1.82) is 0 Å². The summed E-state index contributed by atoms with van der Waals surface area (Å²) in [6.45, 7) is 0. The maximum absolute atomic E-state index is 10.9. The van der Waals surface area contributed by atoms with E-state index in [1.807, 2.05) is 18.2 Å². The Morgan fingerprint density at radius 2 is 1.88 bits per heavy atom. The van der Waals surface area contributed by atoms with E-state index >= 15 is 0 Å². The third kappa shape index (κ3) is 2.18. The van der Waals surface area contributed by atoms with E-state index in [-0.39, 0.29) is 0 Å². The van der Waals surface area contributed by atoms with Gasteiger partial charge in [0.25, 0.3) is 0 Å². The van der Waals surface area contributed by atoms with E-state index in [4.69, 9.17) is 9.47 Å². The predicted molar refractivity (Wildman–Crippen MR) is 61.0 cm³/mol. The molecule has 86 valence electrons. The van der Waals surface area contributed by atoms with Gasteiger partial charge >= 0.3 is 0 Å². The average Bonchev–Trinajstić information content (AvgIpc) is 2.27. The number of Topliss-reactive ketones (excluding diaryl/α,β-unsaturated/α-hetero) is 1. The van der Waals surface area contributed by atoms with E-state index in [9.17, 15) is 4.79 Å². The van der Waals surface area contributed by atoms with Gasteiger partial charge in [-0.2, -0.15) is 0 Å². The summed E-state index contributed by atoms with van der Waals surface area (Å²) >= 11 is 0. The lowest BCUT2D eigenvalue weighted by atomic mass is 9.80. The molecule has 0 amide bonds. The smallest absolute Gasteiger partial charge is 0.160 e. The minimum atomic E-state index is 0.380. The summed E-state index contributed by atoms with van der Waals surface area (Å²) < 4.78 is 10.4. The van der Waals surface area contributed by atoms with Gasteiger partial charge in [-0.25, -0.2) is 0 Å². The van der Waals surface area contributed by atoms with E-state index in [0.717, 1.165) is 30.8 Å². The molecule has 0 radical (unpaired) electrons. The fourth-order valence-electron chi connectivity index (χ4n) is 2.07. The normalized spacial score (nSPS) is 15.8. The van der Waals surface area contributed by atoms with E-state index < -0.39 is 0 Å². The first-order chi connectivity index (χ1) is 7.72. The van der Waals surface area contributed by atoms with Crippen LogP contribution in [0.5, 0.6) is 11.5 Å². The van der Waals surface area contributed by atoms with Crippen LogP contribution in [0, 0.1) is 5.92 Å². The molecule has 1 aromatic rings. The molecule has 1 aliphatic carbocycles. The van der Waals surface area contributed by atoms with Crippen molar-refractivity contribution in [2.45, 2.75) is 19.3 Å². The predicted octanol–water partition coefficient (Wildman–Crippen LogP) is 2.23. The van der Waals surface area contributed by atoms with Gasteiger partial charge in [-0.05, 0) is 30.0 Å². The van der Waals surface area contributed by atoms with Crippen LogP contribution in [-0.4, -0.2) is 20.0 Å². The second-order valence-electron chi connectivity index (χ2n) is 4.21. The molecule has 0 heterocycles. The Balaban J connectivity index is 2.07. The zero-order valence-corrected chi connectivity index (χ0v) is 9.66. The van der Waals surface area contributed by atoms with E-state index in [1.165, 1.54) is 5.56 Å². The van der Waals surface area contributed by atoms with Gasteiger partial charge < -0.3 is 9.47 Å². The molecule has 0 atom stereocenters. The second kappa shape index (κ2) is 4.56. The summed E-state index contributed by atoms with van der Waals surface area (Å²) in [6, 6.07) is 5.93. The highest BCUT2D eigenvalue weighted by atomic mass is 16.5. The van der Waals surface area contributed by atoms with Gasteiger partial charge in [0.15, 0.2) is 11.5 Å². The number of carbonyl (C=O) groups excluding carboxylic acids is 1. The Hall–Kier alpha value is -1.51. The number of rotatable bonds is 4. The number of hydrogen-bond acceptors (Lipinski definition) is 3. The molecule has 3 nitrogen and oxygen atoms in total. The molecule has 0 aliphatic heterocycles. The minimum absolute atomic E-state index is 0.380. The van der Waals surface area contributed by atoms with Crippen LogP contribution >= 0.6 is 0 Å². The summed E-state index contributed by atoms with van der Waals surface area (Å²) in [5, 5.41) is 0. The third-order valence-corrected chi connectivity index (χ3v) is 3.01. The van der Waals surface area contributed by atoms with E-state index in [1.54, 1.807) is 14.2 Å². The molecule has 16 heavy (non-hydrogen) atoms.